The molecule has 1 aromatic rings. The molecule has 92 valence electrons. The third kappa shape index (κ3) is 6.11. The van der Waals surface area contributed by atoms with Gasteiger partial charge in [0, 0.05) is 12.2 Å². The van der Waals surface area contributed by atoms with E-state index in [4.69, 9.17) is 4.74 Å². The van der Waals surface area contributed by atoms with Crippen LogP contribution in [0.1, 0.15) is 5.56 Å². The lowest BCUT2D eigenvalue weighted by Crippen LogP contribution is -2.02. The average molecular weight is 237 g/mol. The number of carbonyl (C=O) groups excluding carboxylic acids is 2. The van der Waals surface area contributed by atoms with Crippen molar-refractivity contribution in [2.45, 2.75) is 6.61 Å². The van der Waals surface area contributed by atoms with Gasteiger partial charge in [-0.25, -0.2) is 9.59 Å². The SMILES string of the molecule is COC(=O)/C=C\C(=O)OCc1ccccc1.N. The Labute approximate surface area is 99.6 Å². The molecule has 0 bridgehead atoms. The zero-order valence-corrected chi connectivity index (χ0v) is 9.59. The summed E-state index contributed by atoms with van der Waals surface area (Å²) in [5.41, 5.74) is 0.891. The summed E-state index contributed by atoms with van der Waals surface area (Å²) >= 11 is 0. The lowest BCUT2D eigenvalue weighted by molar-refractivity contribution is -0.140. The fourth-order valence-electron chi connectivity index (χ4n) is 0.981. The Morgan fingerprint density at radius 2 is 1.71 bits per heavy atom. The van der Waals surface area contributed by atoms with Gasteiger partial charge in [0.05, 0.1) is 7.11 Å². The van der Waals surface area contributed by atoms with Crippen LogP contribution in [-0.4, -0.2) is 19.0 Å². The van der Waals surface area contributed by atoms with Gasteiger partial charge in [-0.05, 0) is 5.56 Å². The van der Waals surface area contributed by atoms with Crippen molar-refractivity contribution in [1.82, 2.24) is 6.15 Å². The molecule has 0 atom stereocenters. The van der Waals surface area contributed by atoms with Crippen LogP contribution in [0.5, 0.6) is 0 Å². The number of ether oxygens (including phenoxy) is 2. The lowest BCUT2D eigenvalue weighted by Gasteiger charge is -2.01. The highest BCUT2D eigenvalue weighted by Gasteiger charge is 1.99. The molecule has 5 nitrogen and oxygen atoms in total. The molecule has 17 heavy (non-hydrogen) atoms. The first-order valence-electron chi connectivity index (χ1n) is 4.69. The van der Waals surface area contributed by atoms with Crippen LogP contribution in [0.4, 0.5) is 0 Å². The summed E-state index contributed by atoms with van der Waals surface area (Å²) < 4.78 is 9.22. The maximum absolute atomic E-state index is 11.1. The first-order valence-corrected chi connectivity index (χ1v) is 4.69. The molecule has 0 amide bonds. The summed E-state index contributed by atoms with van der Waals surface area (Å²) in [6, 6.07) is 9.28. The third-order valence-electron chi connectivity index (χ3n) is 1.78. The number of hydrogen-bond acceptors (Lipinski definition) is 5. The molecule has 3 N–H and O–H groups in total. The molecule has 1 rings (SSSR count). The molecule has 0 aliphatic carbocycles. The van der Waals surface area contributed by atoms with Crippen LogP contribution in [0.25, 0.3) is 0 Å². The monoisotopic (exact) mass is 237 g/mol. The lowest BCUT2D eigenvalue weighted by atomic mass is 10.2. The quantitative estimate of drug-likeness (QED) is 0.635. The van der Waals surface area contributed by atoms with Crippen LogP contribution >= 0.6 is 0 Å². The Kier molecular flexibility index (Phi) is 7.05. The molecule has 0 aliphatic rings. The standard InChI is InChI=1S/C12H12O4.H3N/c1-15-11(13)7-8-12(14)16-9-10-5-3-2-4-6-10;/h2-8H,9H2,1H3;1H3/b8-7-;. The van der Waals surface area contributed by atoms with Crippen molar-refractivity contribution in [2.24, 2.45) is 0 Å². The summed E-state index contributed by atoms with van der Waals surface area (Å²) in [5, 5.41) is 0. The fourth-order valence-corrected chi connectivity index (χ4v) is 0.981. The van der Waals surface area contributed by atoms with Gasteiger partial charge in [0.2, 0.25) is 0 Å². The molecule has 1 aromatic carbocycles. The van der Waals surface area contributed by atoms with E-state index in [1.165, 1.54) is 7.11 Å². The largest absolute Gasteiger partial charge is 0.466 e. The Balaban J connectivity index is 0.00000256. The van der Waals surface area contributed by atoms with Gasteiger partial charge in [0.25, 0.3) is 0 Å². The molecule has 0 fully saturated rings. The van der Waals surface area contributed by atoms with E-state index >= 15 is 0 Å². The summed E-state index contributed by atoms with van der Waals surface area (Å²) in [6.45, 7) is 0.186. The number of hydrogen-bond donors (Lipinski definition) is 1. The first kappa shape index (κ1) is 14.9. The zero-order chi connectivity index (χ0) is 11.8. The molecular weight excluding hydrogens is 222 g/mol. The minimum Gasteiger partial charge on any atom is -0.466 e. The Morgan fingerprint density at radius 3 is 2.29 bits per heavy atom. The topological polar surface area (TPSA) is 87.6 Å². The smallest absolute Gasteiger partial charge is 0.331 e. The molecule has 5 heteroatoms. The predicted octanol–water partition coefficient (Wildman–Crippen LogP) is 1.62. The summed E-state index contributed by atoms with van der Waals surface area (Å²) in [4.78, 5) is 21.8. The van der Waals surface area contributed by atoms with Crippen molar-refractivity contribution >= 4 is 11.9 Å². The van der Waals surface area contributed by atoms with E-state index in [0.717, 1.165) is 17.7 Å². The minimum absolute atomic E-state index is 0. The first-order chi connectivity index (χ1) is 7.72. The molecule has 0 spiro atoms. The van der Waals surface area contributed by atoms with Crippen molar-refractivity contribution in [3.8, 4) is 0 Å². The van der Waals surface area contributed by atoms with Crippen molar-refractivity contribution < 1.29 is 19.1 Å². The van der Waals surface area contributed by atoms with Crippen molar-refractivity contribution in [3.05, 3.63) is 48.0 Å². The highest BCUT2D eigenvalue weighted by molar-refractivity contribution is 5.91. The molecule has 0 aromatic heterocycles. The number of rotatable bonds is 4. The molecule has 0 heterocycles. The average Bonchev–Trinajstić information content (AvgIpc) is 2.34. The Hall–Kier alpha value is -2.14. The number of esters is 2. The maximum atomic E-state index is 11.1. The van der Waals surface area contributed by atoms with Gasteiger partial charge in [-0.2, -0.15) is 0 Å². The molecule has 0 saturated carbocycles. The Bertz CT molecular complexity index is 387. The maximum Gasteiger partial charge on any atom is 0.331 e. The van der Waals surface area contributed by atoms with Gasteiger partial charge in [-0.15, -0.1) is 0 Å². The van der Waals surface area contributed by atoms with Crippen LogP contribution in [0.3, 0.4) is 0 Å². The molecule has 0 saturated heterocycles. The highest BCUT2D eigenvalue weighted by Crippen LogP contribution is 2.00. The van der Waals surface area contributed by atoms with E-state index in [-0.39, 0.29) is 12.8 Å². The van der Waals surface area contributed by atoms with E-state index < -0.39 is 11.9 Å². The van der Waals surface area contributed by atoms with Crippen molar-refractivity contribution in [3.63, 3.8) is 0 Å². The van der Waals surface area contributed by atoms with Gasteiger partial charge in [-0.3, -0.25) is 0 Å². The number of carbonyl (C=O) groups is 2. The number of methoxy groups -OCH3 is 1. The van der Waals surface area contributed by atoms with Gasteiger partial charge in [0.1, 0.15) is 6.61 Å². The van der Waals surface area contributed by atoms with Gasteiger partial charge < -0.3 is 15.6 Å². The summed E-state index contributed by atoms with van der Waals surface area (Å²) in [7, 11) is 1.24. The predicted molar refractivity (Wildman–Crippen MR) is 62.4 cm³/mol. The Morgan fingerprint density at radius 1 is 1.12 bits per heavy atom. The zero-order valence-electron chi connectivity index (χ0n) is 9.59. The van der Waals surface area contributed by atoms with Crippen molar-refractivity contribution in [2.75, 3.05) is 7.11 Å². The summed E-state index contributed by atoms with van der Waals surface area (Å²) in [6.07, 6.45) is 2.06. The second-order valence-corrected chi connectivity index (χ2v) is 2.95. The highest BCUT2D eigenvalue weighted by atomic mass is 16.5. The van der Waals surface area contributed by atoms with Crippen molar-refractivity contribution in [1.29, 1.82) is 0 Å². The second kappa shape index (κ2) is 8.06. The fraction of sp³-hybridized carbons (Fsp3) is 0.167. The molecule has 0 radical (unpaired) electrons. The summed E-state index contributed by atoms with van der Waals surface area (Å²) in [5.74, 6) is -1.16. The molecule has 0 aliphatic heterocycles. The third-order valence-corrected chi connectivity index (χ3v) is 1.78. The van der Waals surface area contributed by atoms with Gasteiger partial charge in [0.15, 0.2) is 0 Å². The van der Waals surface area contributed by atoms with Gasteiger partial charge >= 0.3 is 11.9 Å². The van der Waals surface area contributed by atoms with Crippen LogP contribution in [0, 0.1) is 0 Å². The van der Waals surface area contributed by atoms with E-state index in [1.54, 1.807) is 0 Å². The molecule has 0 unspecified atom stereocenters. The van der Waals surface area contributed by atoms with E-state index in [1.807, 2.05) is 30.3 Å². The normalized spacial score (nSPS) is 9.47. The van der Waals surface area contributed by atoms with Crippen LogP contribution in [0.2, 0.25) is 0 Å². The second-order valence-electron chi connectivity index (χ2n) is 2.95. The minimum atomic E-state index is -0.586. The molecular formula is C12H15NO4. The van der Waals surface area contributed by atoms with Crippen LogP contribution in [-0.2, 0) is 25.7 Å². The van der Waals surface area contributed by atoms with E-state index in [9.17, 15) is 9.59 Å². The van der Waals surface area contributed by atoms with E-state index in [0.29, 0.717) is 0 Å². The number of benzene rings is 1. The van der Waals surface area contributed by atoms with Crippen LogP contribution < -0.4 is 6.15 Å². The van der Waals surface area contributed by atoms with E-state index in [2.05, 4.69) is 4.74 Å². The van der Waals surface area contributed by atoms with Crippen LogP contribution in [0.15, 0.2) is 42.5 Å². The van der Waals surface area contributed by atoms with Gasteiger partial charge in [-0.1, -0.05) is 30.3 Å².